The van der Waals surface area contributed by atoms with Crippen LogP contribution < -0.4 is 10.1 Å². The lowest BCUT2D eigenvalue weighted by Gasteiger charge is -2.21. The number of methoxy groups -OCH3 is 1. The fourth-order valence-electron chi connectivity index (χ4n) is 3.27. The van der Waals surface area contributed by atoms with Gasteiger partial charge in [0.25, 0.3) is 0 Å². The summed E-state index contributed by atoms with van der Waals surface area (Å²) in [6.07, 6.45) is 1.16. The van der Waals surface area contributed by atoms with E-state index < -0.39 is 0 Å². The SMILES string of the molecule is CNC1CC(C)(C)c2cc(C)c(OC)c(C)c21. The summed E-state index contributed by atoms with van der Waals surface area (Å²) >= 11 is 0. The lowest BCUT2D eigenvalue weighted by atomic mass is 9.85. The Morgan fingerprint density at radius 1 is 1.35 bits per heavy atom. The van der Waals surface area contributed by atoms with Gasteiger partial charge in [0.15, 0.2) is 0 Å². The molecule has 94 valence electrons. The van der Waals surface area contributed by atoms with Gasteiger partial charge in [0.05, 0.1) is 7.11 Å². The summed E-state index contributed by atoms with van der Waals surface area (Å²) in [6, 6.07) is 2.76. The van der Waals surface area contributed by atoms with E-state index in [0.717, 1.165) is 12.2 Å². The molecule has 0 aliphatic heterocycles. The molecule has 0 heterocycles. The average molecular weight is 233 g/mol. The number of hydrogen-bond donors (Lipinski definition) is 1. The molecule has 0 saturated heterocycles. The van der Waals surface area contributed by atoms with Crippen molar-refractivity contribution in [1.82, 2.24) is 5.32 Å². The molecule has 0 bridgehead atoms. The molecule has 2 nitrogen and oxygen atoms in total. The summed E-state index contributed by atoms with van der Waals surface area (Å²) in [5, 5.41) is 3.43. The zero-order chi connectivity index (χ0) is 12.8. The minimum absolute atomic E-state index is 0.255. The molecule has 0 fully saturated rings. The van der Waals surface area contributed by atoms with Gasteiger partial charge >= 0.3 is 0 Å². The second kappa shape index (κ2) is 4.02. The van der Waals surface area contributed by atoms with Crippen molar-refractivity contribution in [2.45, 2.75) is 45.6 Å². The molecule has 1 atom stereocenters. The van der Waals surface area contributed by atoms with Crippen molar-refractivity contribution in [3.8, 4) is 5.75 Å². The highest BCUT2D eigenvalue weighted by atomic mass is 16.5. The Bertz CT molecular complexity index is 449. The average Bonchev–Trinajstić information content (AvgIpc) is 2.51. The predicted molar refractivity (Wildman–Crippen MR) is 71.9 cm³/mol. The van der Waals surface area contributed by atoms with Gasteiger partial charge in [0, 0.05) is 6.04 Å². The number of nitrogens with one attached hydrogen (secondary N) is 1. The van der Waals surface area contributed by atoms with Crippen molar-refractivity contribution < 1.29 is 4.74 Å². The second-order valence-corrected chi connectivity index (χ2v) is 5.74. The van der Waals surface area contributed by atoms with Crippen molar-refractivity contribution in [3.63, 3.8) is 0 Å². The van der Waals surface area contributed by atoms with Crippen LogP contribution in [0.5, 0.6) is 5.75 Å². The van der Waals surface area contributed by atoms with Crippen LogP contribution in [0.3, 0.4) is 0 Å². The fraction of sp³-hybridized carbons (Fsp3) is 0.600. The number of benzene rings is 1. The summed E-state index contributed by atoms with van der Waals surface area (Å²) in [7, 11) is 3.80. The monoisotopic (exact) mass is 233 g/mol. The molecule has 1 unspecified atom stereocenters. The topological polar surface area (TPSA) is 21.3 Å². The Morgan fingerprint density at radius 2 is 2.00 bits per heavy atom. The van der Waals surface area contributed by atoms with E-state index in [9.17, 15) is 0 Å². The van der Waals surface area contributed by atoms with Crippen LogP contribution >= 0.6 is 0 Å². The van der Waals surface area contributed by atoms with Gasteiger partial charge in [-0.1, -0.05) is 19.9 Å². The Balaban J connectivity index is 2.70. The quantitative estimate of drug-likeness (QED) is 0.846. The van der Waals surface area contributed by atoms with E-state index in [2.05, 4.69) is 39.1 Å². The third-order valence-corrected chi connectivity index (χ3v) is 4.10. The van der Waals surface area contributed by atoms with Crippen molar-refractivity contribution in [3.05, 3.63) is 28.3 Å². The lowest BCUT2D eigenvalue weighted by Crippen LogP contribution is -2.17. The van der Waals surface area contributed by atoms with E-state index in [1.807, 2.05) is 7.05 Å². The molecule has 0 aromatic heterocycles. The number of aryl methyl sites for hydroxylation is 1. The highest BCUT2D eigenvalue weighted by molar-refractivity contribution is 5.55. The summed E-state index contributed by atoms with van der Waals surface area (Å²) in [5.41, 5.74) is 5.72. The minimum atomic E-state index is 0.255. The van der Waals surface area contributed by atoms with Crippen molar-refractivity contribution in [2.24, 2.45) is 0 Å². The first-order valence-electron chi connectivity index (χ1n) is 6.28. The maximum Gasteiger partial charge on any atom is 0.125 e. The van der Waals surface area contributed by atoms with Crippen LogP contribution in [0.2, 0.25) is 0 Å². The first-order valence-corrected chi connectivity index (χ1v) is 6.28. The number of rotatable bonds is 2. The second-order valence-electron chi connectivity index (χ2n) is 5.74. The van der Waals surface area contributed by atoms with Gasteiger partial charge in [-0.25, -0.2) is 0 Å². The van der Waals surface area contributed by atoms with E-state index in [1.54, 1.807) is 7.11 Å². The maximum atomic E-state index is 5.53. The fourth-order valence-corrected chi connectivity index (χ4v) is 3.27. The maximum absolute atomic E-state index is 5.53. The summed E-state index contributed by atoms with van der Waals surface area (Å²) < 4.78 is 5.53. The van der Waals surface area contributed by atoms with Gasteiger partial charge in [0.1, 0.15) is 5.75 Å². The lowest BCUT2D eigenvalue weighted by molar-refractivity contribution is 0.407. The molecule has 1 N–H and O–H groups in total. The van der Waals surface area contributed by atoms with E-state index in [0.29, 0.717) is 6.04 Å². The Morgan fingerprint density at radius 3 is 2.53 bits per heavy atom. The van der Waals surface area contributed by atoms with Gasteiger partial charge in [0.2, 0.25) is 0 Å². The Labute approximate surface area is 104 Å². The summed E-state index contributed by atoms with van der Waals surface area (Å²) in [4.78, 5) is 0. The first kappa shape index (κ1) is 12.4. The molecule has 1 aromatic rings. The van der Waals surface area contributed by atoms with E-state index in [1.165, 1.54) is 22.3 Å². The third kappa shape index (κ3) is 1.75. The molecule has 0 saturated carbocycles. The van der Waals surface area contributed by atoms with Crippen LogP contribution in [-0.4, -0.2) is 14.2 Å². The van der Waals surface area contributed by atoms with Crippen LogP contribution in [0, 0.1) is 13.8 Å². The normalized spacial score (nSPS) is 21.4. The van der Waals surface area contributed by atoms with Gasteiger partial charge in [-0.15, -0.1) is 0 Å². The highest BCUT2D eigenvalue weighted by Gasteiger charge is 2.38. The Hall–Kier alpha value is -1.02. The molecule has 0 radical (unpaired) electrons. The molecule has 17 heavy (non-hydrogen) atoms. The van der Waals surface area contributed by atoms with E-state index in [4.69, 9.17) is 4.74 Å². The van der Waals surface area contributed by atoms with Gasteiger partial charge in [-0.2, -0.15) is 0 Å². The van der Waals surface area contributed by atoms with E-state index >= 15 is 0 Å². The number of fused-ring (bicyclic) bond motifs is 1. The number of hydrogen-bond acceptors (Lipinski definition) is 2. The van der Waals surface area contributed by atoms with Gasteiger partial charge in [-0.3, -0.25) is 0 Å². The van der Waals surface area contributed by atoms with E-state index in [-0.39, 0.29) is 5.41 Å². The molecule has 1 aliphatic rings. The van der Waals surface area contributed by atoms with Crippen LogP contribution in [0.25, 0.3) is 0 Å². The van der Waals surface area contributed by atoms with Gasteiger partial charge < -0.3 is 10.1 Å². The van der Waals surface area contributed by atoms with Crippen LogP contribution in [0.1, 0.15) is 48.6 Å². The molecule has 0 amide bonds. The predicted octanol–water partition coefficient (Wildman–Crippen LogP) is 3.25. The summed E-state index contributed by atoms with van der Waals surface area (Å²) in [6.45, 7) is 8.97. The minimum Gasteiger partial charge on any atom is -0.496 e. The van der Waals surface area contributed by atoms with Crippen molar-refractivity contribution in [1.29, 1.82) is 0 Å². The van der Waals surface area contributed by atoms with Crippen LogP contribution in [0.4, 0.5) is 0 Å². The molecule has 0 spiro atoms. The van der Waals surface area contributed by atoms with Crippen molar-refractivity contribution in [2.75, 3.05) is 14.2 Å². The standard InChI is InChI=1S/C15H23NO/c1-9-7-11-13(10(2)14(9)17-6)12(16-5)8-15(11,3)4/h7,12,16H,8H2,1-6H3. The first-order chi connectivity index (χ1) is 7.92. The molecular weight excluding hydrogens is 210 g/mol. The summed E-state index contributed by atoms with van der Waals surface area (Å²) in [5.74, 6) is 1.04. The van der Waals surface area contributed by atoms with Gasteiger partial charge in [-0.05, 0) is 55.0 Å². The molecule has 1 aromatic carbocycles. The van der Waals surface area contributed by atoms with Crippen molar-refractivity contribution >= 4 is 0 Å². The molecular formula is C15H23NO. The van der Waals surface area contributed by atoms with Crippen LogP contribution in [-0.2, 0) is 5.41 Å². The molecule has 2 rings (SSSR count). The number of ether oxygens (including phenoxy) is 1. The van der Waals surface area contributed by atoms with Crippen LogP contribution in [0.15, 0.2) is 6.07 Å². The smallest absolute Gasteiger partial charge is 0.125 e. The zero-order valence-corrected chi connectivity index (χ0v) is 11.8. The zero-order valence-electron chi connectivity index (χ0n) is 11.8. The largest absolute Gasteiger partial charge is 0.496 e. The molecule has 2 heteroatoms. The Kier molecular flexibility index (Phi) is 2.94. The third-order valence-electron chi connectivity index (χ3n) is 4.10. The highest BCUT2D eigenvalue weighted by Crippen LogP contribution is 2.48. The molecule has 1 aliphatic carbocycles.